The van der Waals surface area contributed by atoms with Crippen LogP contribution >= 0.6 is 0 Å². The Morgan fingerprint density at radius 3 is 2.40 bits per heavy atom. The zero-order valence-corrected chi connectivity index (χ0v) is 16.2. The maximum Gasteiger partial charge on any atom is 0.294 e. The molecule has 2 aliphatic rings. The molecule has 5 heteroatoms. The van der Waals surface area contributed by atoms with Gasteiger partial charge in [-0.25, -0.2) is 0 Å². The molecule has 1 amide bonds. The monoisotopic (exact) mass is 395 g/mol. The molecule has 0 bridgehead atoms. The van der Waals surface area contributed by atoms with Gasteiger partial charge in [-0.3, -0.25) is 9.59 Å². The molecule has 0 unspecified atom stereocenters. The van der Waals surface area contributed by atoms with E-state index in [2.05, 4.69) is 0 Å². The SMILES string of the molecule is CN1C(=O)[C@]2(Oc3oc4ccccc4c(=O)c3[C@H]2c2ccccc2)c2ccccc21. The summed E-state index contributed by atoms with van der Waals surface area (Å²) in [6, 6.07) is 24.2. The molecule has 5 nitrogen and oxygen atoms in total. The minimum atomic E-state index is -1.38. The molecular weight excluding hydrogens is 378 g/mol. The van der Waals surface area contributed by atoms with Crippen molar-refractivity contribution in [1.29, 1.82) is 0 Å². The average molecular weight is 395 g/mol. The fourth-order valence-electron chi connectivity index (χ4n) is 4.85. The number of rotatable bonds is 1. The van der Waals surface area contributed by atoms with Crippen molar-refractivity contribution < 1.29 is 13.9 Å². The van der Waals surface area contributed by atoms with Crippen LogP contribution in [0.2, 0.25) is 0 Å². The number of anilines is 1. The molecule has 0 saturated carbocycles. The number of hydrogen-bond acceptors (Lipinski definition) is 4. The zero-order valence-electron chi connectivity index (χ0n) is 16.2. The van der Waals surface area contributed by atoms with Gasteiger partial charge < -0.3 is 14.1 Å². The van der Waals surface area contributed by atoms with Crippen LogP contribution in [0.15, 0.2) is 88.1 Å². The first-order valence-corrected chi connectivity index (χ1v) is 9.80. The number of para-hydroxylation sites is 2. The number of amides is 1. The van der Waals surface area contributed by atoms with E-state index < -0.39 is 11.5 Å². The lowest BCUT2D eigenvalue weighted by molar-refractivity contribution is -0.133. The van der Waals surface area contributed by atoms with E-state index >= 15 is 0 Å². The molecule has 0 N–H and O–H groups in total. The third kappa shape index (κ3) is 1.96. The molecule has 3 heterocycles. The van der Waals surface area contributed by atoms with Crippen molar-refractivity contribution in [3.05, 3.63) is 106 Å². The number of carbonyl (C=O) groups is 1. The molecule has 30 heavy (non-hydrogen) atoms. The second kappa shape index (κ2) is 5.83. The fourth-order valence-corrected chi connectivity index (χ4v) is 4.85. The van der Waals surface area contributed by atoms with Gasteiger partial charge in [-0.15, -0.1) is 0 Å². The minimum Gasteiger partial charge on any atom is -0.442 e. The van der Waals surface area contributed by atoms with Crippen LogP contribution in [-0.4, -0.2) is 13.0 Å². The van der Waals surface area contributed by atoms with E-state index in [-0.39, 0.29) is 17.3 Å². The van der Waals surface area contributed by atoms with Gasteiger partial charge in [0.15, 0.2) is 0 Å². The summed E-state index contributed by atoms with van der Waals surface area (Å²) in [7, 11) is 1.73. The topological polar surface area (TPSA) is 59.8 Å². The van der Waals surface area contributed by atoms with E-state index in [0.29, 0.717) is 16.5 Å². The van der Waals surface area contributed by atoms with Gasteiger partial charge in [-0.1, -0.05) is 60.7 Å². The normalized spacial score (nSPS) is 21.7. The quantitative estimate of drug-likeness (QED) is 0.485. The fraction of sp³-hybridized carbons (Fsp3) is 0.120. The number of likely N-dealkylation sites (N-methyl/N-ethyl adjacent to an activating group) is 1. The van der Waals surface area contributed by atoms with E-state index in [9.17, 15) is 9.59 Å². The molecule has 4 aromatic rings. The van der Waals surface area contributed by atoms with Crippen LogP contribution in [0.5, 0.6) is 5.95 Å². The predicted molar refractivity (Wildman–Crippen MR) is 113 cm³/mol. The Kier molecular flexibility index (Phi) is 3.31. The first-order chi connectivity index (χ1) is 14.6. The van der Waals surface area contributed by atoms with Crippen LogP contribution in [0.4, 0.5) is 5.69 Å². The van der Waals surface area contributed by atoms with E-state index in [1.807, 2.05) is 54.6 Å². The summed E-state index contributed by atoms with van der Waals surface area (Å²) in [5.74, 6) is -0.716. The molecule has 0 radical (unpaired) electrons. The lowest BCUT2D eigenvalue weighted by Gasteiger charge is -2.29. The number of benzene rings is 3. The van der Waals surface area contributed by atoms with E-state index in [0.717, 1.165) is 16.8 Å². The highest BCUT2D eigenvalue weighted by atomic mass is 16.6. The lowest BCUT2D eigenvalue weighted by atomic mass is 9.76. The van der Waals surface area contributed by atoms with Gasteiger partial charge in [0, 0.05) is 12.6 Å². The van der Waals surface area contributed by atoms with Crippen LogP contribution in [0.3, 0.4) is 0 Å². The minimum absolute atomic E-state index is 0.117. The second-order valence-electron chi connectivity index (χ2n) is 7.69. The first-order valence-electron chi connectivity index (χ1n) is 9.80. The molecular formula is C25H17NO4. The highest BCUT2D eigenvalue weighted by molar-refractivity contribution is 6.08. The summed E-state index contributed by atoms with van der Waals surface area (Å²) in [6.45, 7) is 0. The summed E-state index contributed by atoms with van der Waals surface area (Å²) in [6.07, 6.45) is 0. The van der Waals surface area contributed by atoms with Crippen molar-refractivity contribution in [2.75, 3.05) is 11.9 Å². The molecule has 3 aromatic carbocycles. The largest absolute Gasteiger partial charge is 0.442 e. The summed E-state index contributed by atoms with van der Waals surface area (Å²) in [4.78, 5) is 28.9. The second-order valence-corrected chi connectivity index (χ2v) is 7.69. The smallest absolute Gasteiger partial charge is 0.294 e. The molecule has 146 valence electrons. The Balaban J connectivity index is 1.74. The Bertz CT molecular complexity index is 1390. The molecule has 2 aliphatic heterocycles. The first kappa shape index (κ1) is 17.0. The van der Waals surface area contributed by atoms with Crippen LogP contribution in [0.1, 0.15) is 22.6 Å². The molecule has 0 saturated heterocycles. The van der Waals surface area contributed by atoms with Crippen LogP contribution in [-0.2, 0) is 10.4 Å². The van der Waals surface area contributed by atoms with Gasteiger partial charge in [0.05, 0.1) is 22.6 Å². The lowest BCUT2D eigenvalue weighted by Crippen LogP contribution is -2.45. The number of ether oxygens (including phenoxy) is 1. The van der Waals surface area contributed by atoms with Crippen LogP contribution in [0, 0.1) is 0 Å². The van der Waals surface area contributed by atoms with Gasteiger partial charge >= 0.3 is 0 Å². The van der Waals surface area contributed by atoms with E-state index in [1.54, 1.807) is 36.2 Å². The van der Waals surface area contributed by atoms with E-state index in [4.69, 9.17) is 9.15 Å². The van der Waals surface area contributed by atoms with Crippen LogP contribution in [0.25, 0.3) is 11.0 Å². The zero-order chi connectivity index (χ0) is 20.5. The van der Waals surface area contributed by atoms with Gasteiger partial charge in [0.25, 0.3) is 11.9 Å². The number of carbonyl (C=O) groups excluding carboxylic acids is 1. The summed E-state index contributed by atoms with van der Waals surface area (Å²) in [5, 5.41) is 0.477. The summed E-state index contributed by atoms with van der Waals surface area (Å²) in [5.41, 5.74) is 1.62. The van der Waals surface area contributed by atoms with E-state index in [1.165, 1.54) is 0 Å². The Morgan fingerprint density at radius 1 is 0.867 bits per heavy atom. The third-order valence-electron chi connectivity index (χ3n) is 6.17. The standard InChI is InChI=1S/C25H17NO4/c1-26-18-13-7-6-12-17(18)25(24(26)28)21(15-9-3-2-4-10-15)20-22(27)16-11-5-8-14-19(16)29-23(20)30-25/h2-14,21H,1H3/t21-,25+/m1/s1. The highest BCUT2D eigenvalue weighted by Crippen LogP contribution is 2.58. The molecule has 1 aromatic heterocycles. The third-order valence-corrected chi connectivity index (χ3v) is 6.17. The van der Waals surface area contributed by atoms with Gasteiger partial charge in [-0.2, -0.15) is 0 Å². The molecule has 0 fully saturated rings. The molecule has 6 rings (SSSR count). The molecule has 2 atom stereocenters. The summed E-state index contributed by atoms with van der Waals surface area (Å²) >= 11 is 0. The van der Waals surface area contributed by atoms with Crippen molar-refractivity contribution in [1.82, 2.24) is 0 Å². The maximum atomic E-state index is 13.7. The van der Waals surface area contributed by atoms with Crippen molar-refractivity contribution in [2.24, 2.45) is 0 Å². The van der Waals surface area contributed by atoms with Crippen LogP contribution < -0.4 is 15.1 Å². The van der Waals surface area contributed by atoms with Crippen molar-refractivity contribution >= 4 is 22.6 Å². The predicted octanol–water partition coefficient (Wildman–Crippen LogP) is 4.19. The maximum absolute atomic E-state index is 13.7. The Labute approximate surface area is 172 Å². The number of fused-ring (bicyclic) bond motifs is 4. The van der Waals surface area contributed by atoms with Crippen molar-refractivity contribution in [3.8, 4) is 5.95 Å². The molecule has 1 spiro atoms. The molecule has 0 aliphatic carbocycles. The average Bonchev–Trinajstić information content (AvgIpc) is 3.24. The Hall–Kier alpha value is -3.86. The van der Waals surface area contributed by atoms with Gasteiger partial charge in [-0.05, 0) is 23.8 Å². The summed E-state index contributed by atoms with van der Waals surface area (Å²) < 4.78 is 12.4. The highest BCUT2D eigenvalue weighted by Gasteiger charge is 2.63. The number of nitrogens with zero attached hydrogens (tertiary/aromatic N) is 1. The number of hydrogen-bond donors (Lipinski definition) is 0. The van der Waals surface area contributed by atoms with Gasteiger partial charge in [0.1, 0.15) is 5.58 Å². The van der Waals surface area contributed by atoms with Crippen molar-refractivity contribution in [3.63, 3.8) is 0 Å². The Morgan fingerprint density at radius 2 is 1.57 bits per heavy atom. The van der Waals surface area contributed by atoms with Crippen molar-refractivity contribution in [2.45, 2.75) is 11.5 Å². The van der Waals surface area contributed by atoms with Gasteiger partial charge in [0.2, 0.25) is 11.0 Å².